The number of benzene rings is 1. The minimum Gasteiger partial charge on any atom is -0.365 e. The summed E-state index contributed by atoms with van der Waals surface area (Å²) in [5.74, 6) is -1.18. The molecule has 1 aliphatic carbocycles. The molecule has 0 saturated heterocycles. The molecule has 9 heteroatoms. The van der Waals surface area contributed by atoms with Gasteiger partial charge in [-0.15, -0.1) is 0 Å². The lowest BCUT2D eigenvalue weighted by atomic mass is 9.91. The predicted molar refractivity (Wildman–Crippen MR) is 113 cm³/mol. The molecule has 30 heavy (non-hydrogen) atoms. The first-order valence-corrected chi connectivity index (χ1v) is 9.89. The van der Waals surface area contributed by atoms with Gasteiger partial charge in [-0.3, -0.25) is 4.79 Å². The van der Waals surface area contributed by atoms with Gasteiger partial charge in [-0.1, -0.05) is 18.9 Å². The van der Waals surface area contributed by atoms with Crippen molar-refractivity contribution in [2.75, 3.05) is 10.6 Å². The molecule has 0 bridgehead atoms. The van der Waals surface area contributed by atoms with Crippen molar-refractivity contribution in [3.63, 3.8) is 0 Å². The molecule has 0 radical (unpaired) electrons. The van der Waals surface area contributed by atoms with Crippen molar-refractivity contribution in [1.82, 2.24) is 14.5 Å². The van der Waals surface area contributed by atoms with Crippen molar-refractivity contribution in [2.24, 2.45) is 11.5 Å². The normalized spacial score (nSPS) is 18.7. The third kappa shape index (κ3) is 4.25. The standard InChI is InChI=1S/C21H24FN7O/c22-16-11-15(19(24)30)20(28-21(16)27-18-7-2-1-6-17(18)23)26-13-4-3-5-14(10-13)29-9-8-25-12-29/h3-5,8-12,17-18H,1-2,6-7,23H2,(H2,24,30)(H2,26,27,28). The van der Waals surface area contributed by atoms with Gasteiger partial charge in [0.05, 0.1) is 11.9 Å². The van der Waals surface area contributed by atoms with E-state index in [1.807, 2.05) is 35.0 Å². The molecule has 2 heterocycles. The maximum Gasteiger partial charge on any atom is 0.252 e. The lowest BCUT2D eigenvalue weighted by molar-refractivity contribution is 0.100. The Bertz CT molecular complexity index is 1040. The van der Waals surface area contributed by atoms with E-state index in [0.717, 1.165) is 37.4 Å². The number of hydrogen-bond donors (Lipinski definition) is 4. The predicted octanol–water partition coefficient (Wildman–Crippen LogP) is 2.93. The average molecular weight is 409 g/mol. The first-order chi connectivity index (χ1) is 14.5. The number of carbonyl (C=O) groups excluding carboxylic acids is 1. The number of halogens is 1. The Kier molecular flexibility index (Phi) is 5.62. The number of carbonyl (C=O) groups is 1. The Hall–Kier alpha value is -3.46. The van der Waals surface area contributed by atoms with Crippen LogP contribution in [0.25, 0.3) is 5.69 Å². The molecule has 8 nitrogen and oxygen atoms in total. The molecule has 6 N–H and O–H groups in total. The van der Waals surface area contributed by atoms with E-state index < -0.39 is 11.7 Å². The summed E-state index contributed by atoms with van der Waals surface area (Å²) in [7, 11) is 0. The highest BCUT2D eigenvalue weighted by Gasteiger charge is 2.24. The first-order valence-electron chi connectivity index (χ1n) is 9.89. The highest BCUT2D eigenvalue weighted by Crippen LogP contribution is 2.27. The highest BCUT2D eigenvalue weighted by molar-refractivity contribution is 5.98. The van der Waals surface area contributed by atoms with Crippen LogP contribution in [0, 0.1) is 5.82 Å². The van der Waals surface area contributed by atoms with E-state index in [1.165, 1.54) is 0 Å². The summed E-state index contributed by atoms with van der Waals surface area (Å²) >= 11 is 0. The van der Waals surface area contributed by atoms with Crippen molar-refractivity contribution in [3.05, 3.63) is 60.4 Å². The van der Waals surface area contributed by atoms with Crippen molar-refractivity contribution < 1.29 is 9.18 Å². The van der Waals surface area contributed by atoms with Crippen LogP contribution in [0.15, 0.2) is 49.1 Å². The lowest BCUT2D eigenvalue weighted by Crippen LogP contribution is -2.43. The van der Waals surface area contributed by atoms with Crippen LogP contribution in [0.2, 0.25) is 0 Å². The quantitative estimate of drug-likeness (QED) is 0.496. The second-order valence-electron chi connectivity index (χ2n) is 7.42. The summed E-state index contributed by atoms with van der Waals surface area (Å²) in [5.41, 5.74) is 13.1. The van der Waals surface area contributed by atoms with E-state index in [1.54, 1.807) is 12.5 Å². The molecule has 1 aromatic carbocycles. The molecule has 2 aromatic heterocycles. The Balaban J connectivity index is 1.64. The fourth-order valence-electron chi connectivity index (χ4n) is 3.68. The third-order valence-electron chi connectivity index (χ3n) is 5.29. The zero-order valence-corrected chi connectivity index (χ0v) is 16.4. The Morgan fingerprint density at radius 3 is 2.77 bits per heavy atom. The van der Waals surface area contributed by atoms with E-state index in [2.05, 4.69) is 20.6 Å². The topological polar surface area (TPSA) is 124 Å². The zero-order chi connectivity index (χ0) is 21.1. The number of nitrogens with zero attached hydrogens (tertiary/aromatic N) is 3. The SMILES string of the molecule is NC(=O)c1cc(F)c(NC2CCCCC2N)nc1Nc1cccc(-n2ccnc2)c1. The van der Waals surface area contributed by atoms with Gasteiger partial charge in [0.15, 0.2) is 11.6 Å². The first kappa shape index (κ1) is 19.8. The molecule has 0 spiro atoms. The summed E-state index contributed by atoms with van der Waals surface area (Å²) in [5, 5.41) is 6.20. The molecule has 1 saturated carbocycles. The van der Waals surface area contributed by atoms with Gasteiger partial charge in [0.25, 0.3) is 5.91 Å². The van der Waals surface area contributed by atoms with Gasteiger partial charge >= 0.3 is 0 Å². The molecule has 156 valence electrons. The van der Waals surface area contributed by atoms with Crippen molar-refractivity contribution in [1.29, 1.82) is 0 Å². The molecule has 4 rings (SSSR count). The highest BCUT2D eigenvalue weighted by atomic mass is 19.1. The van der Waals surface area contributed by atoms with Gasteiger partial charge in [-0.2, -0.15) is 0 Å². The molecular formula is C21H24FN7O. The van der Waals surface area contributed by atoms with Gasteiger partial charge in [-0.05, 0) is 37.1 Å². The van der Waals surface area contributed by atoms with Crippen LogP contribution in [-0.4, -0.2) is 32.5 Å². The van der Waals surface area contributed by atoms with Gasteiger partial charge in [-0.25, -0.2) is 14.4 Å². The lowest BCUT2D eigenvalue weighted by Gasteiger charge is -2.30. The van der Waals surface area contributed by atoms with E-state index >= 15 is 0 Å². The Morgan fingerprint density at radius 2 is 2.03 bits per heavy atom. The van der Waals surface area contributed by atoms with Gasteiger partial charge in [0.2, 0.25) is 0 Å². The average Bonchev–Trinajstić information content (AvgIpc) is 3.27. The minimum atomic E-state index is -0.768. The second-order valence-corrected chi connectivity index (χ2v) is 7.42. The van der Waals surface area contributed by atoms with Gasteiger partial charge in [0.1, 0.15) is 5.82 Å². The number of hydrogen-bond acceptors (Lipinski definition) is 6. The number of imidazole rings is 1. The molecule has 1 fully saturated rings. The fraction of sp³-hybridized carbons (Fsp3) is 0.286. The Labute approximate surface area is 173 Å². The van der Waals surface area contributed by atoms with Crippen molar-refractivity contribution in [2.45, 2.75) is 37.8 Å². The van der Waals surface area contributed by atoms with Crippen LogP contribution in [-0.2, 0) is 0 Å². The number of rotatable bonds is 6. The maximum atomic E-state index is 14.6. The zero-order valence-electron chi connectivity index (χ0n) is 16.4. The number of amides is 1. The summed E-state index contributed by atoms with van der Waals surface area (Å²) in [6, 6.07) is 8.41. The minimum absolute atomic E-state index is 0.0287. The smallest absolute Gasteiger partial charge is 0.252 e. The molecule has 0 aliphatic heterocycles. The molecule has 3 aromatic rings. The largest absolute Gasteiger partial charge is 0.365 e. The van der Waals surface area contributed by atoms with Crippen LogP contribution in [0.1, 0.15) is 36.0 Å². The van der Waals surface area contributed by atoms with E-state index in [-0.39, 0.29) is 29.3 Å². The molecule has 2 atom stereocenters. The summed E-state index contributed by atoms with van der Waals surface area (Å²) < 4.78 is 16.5. The second kappa shape index (κ2) is 8.50. The van der Waals surface area contributed by atoms with E-state index in [4.69, 9.17) is 11.5 Å². The molecular weight excluding hydrogens is 385 g/mol. The summed E-state index contributed by atoms with van der Waals surface area (Å²) in [4.78, 5) is 20.3. The number of aromatic nitrogens is 3. The maximum absolute atomic E-state index is 14.6. The van der Waals surface area contributed by atoms with E-state index in [9.17, 15) is 9.18 Å². The van der Waals surface area contributed by atoms with Gasteiger partial charge in [0, 0.05) is 35.9 Å². The van der Waals surface area contributed by atoms with Crippen LogP contribution in [0.5, 0.6) is 0 Å². The number of anilines is 3. The van der Waals surface area contributed by atoms with Crippen molar-refractivity contribution in [3.8, 4) is 5.69 Å². The monoisotopic (exact) mass is 409 g/mol. The third-order valence-corrected chi connectivity index (χ3v) is 5.29. The summed E-state index contributed by atoms with van der Waals surface area (Å²) in [6.45, 7) is 0. The van der Waals surface area contributed by atoms with Crippen LogP contribution in [0.3, 0.4) is 0 Å². The van der Waals surface area contributed by atoms with Crippen molar-refractivity contribution >= 4 is 23.2 Å². The number of nitrogens with one attached hydrogen (secondary N) is 2. The molecule has 2 unspecified atom stereocenters. The van der Waals surface area contributed by atoms with Crippen LogP contribution < -0.4 is 22.1 Å². The molecule has 1 amide bonds. The summed E-state index contributed by atoms with van der Waals surface area (Å²) in [6.07, 6.45) is 8.99. The van der Waals surface area contributed by atoms with Crippen LogP contribution >= 0.6 is 0 Å². The van der Waals surface area contributed by atoms with Gasteiger partial charge < -0.3 is 26.7 Å². The number of pyridine rings is 1. The van der Waals surface area contributed by atoms with Crippen LogP contribution in [0.4, 0.5) is 21.7 Å². The van der Waals surface area contributed by atoms with E-state index in [0.29, 0.717) is 5.69 Å². The Morgan fingerprint density at radius 1 is 1.20 bits per heavy atom. The molecule has 1 aliphatic rings. The fourth-order valence-corrected chi connectivity index (χ4v) is 3.68. The number of nitrogens with two attached hydrogens (primary N) is 2. The number of primary amides is 1.